The van der Waals surface area contributed by atoms with Crippen molar-refractivity contribution >= 4 is 31.9 Å². The van der Waals surface area contributed by atoms with Gasteiger partial charge in [-0.15, -0.1) is 0 Å². The standard InChI is InChI=1S/C12H14BrNO5S/c1-8-10(12(15)16)6-9(7-11(8)13)20(17,18)14-2-4-19-5-3-14/h6-7H,2-5H2,1H3,(H,15,16). The largest absolute Gasteiger partial charge is 0.478 e. The molecule has 0 unspecified atom stereocenters. The second kappa shape index (κ2) is 5.80. The lowest BCUT2D eigenvalue weighted by Gasteiger charge is -2.26. The highest BCUT2D eigenvalue weighted by Gasteiger charge is 2.28. The summed E-state index contributed by atoms with van der Waals surface area (Å²) in [6.07, 6.45) is 0. The average Bonchev–Trinajstić information content (AvgIpc) is 2.42. The minimum absolute atomic E-state index is 0.0192. The molecule has 1 heterocycles. The van der Waals surface area contributed by atoms with Crippen molar-refractivity contribution < 1.29 is 23.1 Å². The smallest absolute Gasteiger partial charge is 0.336 e. The van der Waals surface area contributed by atoms with E-state index >= 15 is 0 Å². The van der Waals surface area contributed by atoms with Gasteiger partial charge in [-0.05, 0) is 24.6 Å². The second-order valence-electron chi connectivity index (χ2n) is 4.40. The van der Waals surface area contributed by atoms with Crippen molar-refractivity contribution in [1.29, 1.82) is 0 Å². The maximum atomic E-state index is 12.5. The first kappa shape index (κ1) is 15.4. The molecule has 0 radical (unpaired) electrons. The van der Waals surface area contributed by atoms with Crippen LogP contribution in [0, 0.1) is 6.92 Å². The highest BCUT2D eigenvalue weighted by molar-refractivity contribution is 9.10. The maximum Gasteiger partial charge on any atom is 0.336 e. The van der Waals surface area contributed by atoms with Crippen molar-refractivity contribution in [3.8, 4) is 0 Å². The van der Waals surface area contributed by atoms with Crippen LogP contribution in [-0.2, 0) is 14.8 Å². The number of ether oxygens (including phenoxy) is 1. The number of hydrogen-bond donors (Lipinski definition) is 1. The number of morpholine rings is 1. The molecule has 1 fully saturated rings. The van der Waals surface area contributed by atoms with Crippen molar-refractivity contribution in [1.82, 2.24) is 4.31 Å². The Labute approximate surface area is 125 Å². The lowest BCUT2D eigenvalue weighted by molar-refractivity contribution is 0.0695. The number of carboxylic acids is 1. The minimum Gasteiger partial charge on any atom is -0.478 e. The molecule has 0 atom stereocenters. The van der Waals surface area contributed by atoms with E-state index in [9.17, 15) is 13.2 Å². The molecule has 110 valence electrons. The van der Waals surface area contributed by atoms with Gasteiger partial charge in [-0.1, -0.05) is 15.9 Å². The molecule has 0 aliphatic carbocycles. The van der Waals surface area contributed by atoms with E-state index in [4.69, 9.17) is 9.84 Å². The fraction of sp³-hybridized carbons (Fsp3) is 0.417. The number of aromatic carboxylic acids is 1. The molecule has 1 aliphatic rings. The monoisotopic (exact) mass is 363 g/mol. The molecule has 0 bridgehead atoms. The molecular weight excluding hydrogens is 350 g/mol. The molecule has 1 aliphatic heterocycles. The van der Waals surface area contributed by atoms with Gasteiger partial charge >= 0.3 is 5.97 Å². The van der Waals surface area contributed by atoms with Crippen LogP contribution in [-0.4, -0.2) is 50.1 Å². The van der Waals surface area contributed by atoms with Gasteiger partial charge in [0, 0.05) is 17.6 Å². The van der Waals surface area contributed by atoms with E-state index in [1.54, 1.807) is 6.92 Å². The Hall–Kier alpha value is -0.960. The normalized spacial score (nSPS) is 17.1. The summed E-state index contributed by atoms with van der Waals surface area (Å²) in [5.74, 6) is -1.15. The molecule has 0 aromatic heterocycles. The molecule has 2 rings (SSSR count). The van der Waals surface area contributed by atoms with Gasteiger partial charge in [0.05, 0.1) is 23.7 Å². The molecule has 0 saturated carbocycles. The zero-order chi connectivity index (χ0) is 14.9. The Morgan fingerprint density at radius 3 is 2.50 bits per heavy atom. The van der Waals surface area contributed by atoms with Gasteiger partial charge in [0.2, 0.25) is 10.0 Å². The van der Waals surface area contributed by atoms with Gasteiger partial charge in [0.25, 0.3) is 0 Å². The summed E-state index contributed by atoms with van der Waals surface area (Å²) in [7, 11) is -3.70. The van der Waals surface area contributed by atoms with Crippen LogP contribution in [0.5, 0.6) is 0 Å². The number of rotatable bonds is 3. The van der Waals surface area contributed by atoms with Crippen LogP contribution >= 0.6 is 15.9 Å². The number of sulfonamides is 1. The van der Waals surface area contributed by atoms with Crippen LogP contribution in [0.4, 0.5) is 0 Å². The van der Waals surface area contributed by atoms with Crippen LogP contribution < -0.4 is 0 Å². The lowest BCUT2D eigenvalue weighted by atomic mass is 10.1. The molecule has 6 nitrogen and oxygen atoms in total. The molecule has 1 saturated heterocycles. The SMILES string of the molecule is Cc1c(Br)cc(S(=O)(=O)N2CCOCC2)cc1C(=O)O. The second-order valence-corrected chi connectivity index (χ2v) is 7.19. The zero-order valence-corrected chi connectivity index (χ0v) is 13.2. The van der Waals surface area contributed by atoms with Gasteiger partial charge in [-0.2, -0.15) is 4.31 Å². The minimum atomic E-state index is -3.70. The average molecular weight is 364 g/mol. The predicted molar refractivity (Wildman–Crippen MR) is 75.4 cm³/mol. The third-order valence-electron chi connectivity index (χ3n) is 3.16. The molecule has 0 spiro atoms. The first-order chi connectivity index (χ1) is 9.34. The maximum absolute atomic E-state index is 12.5. The van der Waals surface area contributed by atoms with E-state index in [-0.39, 0.29) is 23.5 Å². The van der Waals surface area contributed by atoms with Gasteiger partial charge in [0.1, 0.15) is 0 Å². The van der Waals surface area contributed by atoms with Crippen LogP contribution in [0.1, 0.15) is 15.9 Å². The van der Waals surface area contributed by atoms with E-state index in [0.29, 0.717) is 23.2 Å². The molecule has 1 aromatic rings. The number of carboxylic acid groups (broad SMARTS) is 1. The van der Waals surface area contributed by atoms with Crippen LogP contribution in [0.15, 0.2) is 21.5 Å². The Balaban J connectivity index is 2.49. The lowest BCUT2D eigenvalue weighted by Crippen LogP contribution is -2.40. The Morgan fingerprint density at radius 1 is 1.35 bits per heavy atom. The summed E-state index contributed by atoms with van der Waals surface area (Å²) in [5.41, 5.74) is 0.477. The highest BCUT2D eigenvalue weighted by atomic mass is 79.9. The van der Waals surface area contributed by atoms with E-state index in [0.717, 1.165) is 0 Å². The summed E-state index contributed by atoms with van der Waals surface area (Å²) in [4.78, 5) is 11.2. The van der Waals surface area contributed by atoms with Gasteiger partial charge < -0.3 is 9.84 Å². The first-order valence-electron chi connectivity index (χ1n) is 5.95. The van der Waals surface area contributed by atoms with E-state index in [2.05, 4.69) is 15.9 Å². The number of halogens is 1. The van der Waals surface area contributed by atoms with Crippen LogP contribution in [0.2, 0.25) is 0 Å². The molecule has 20 heavy (non-hydrogen) atoms. The predicted octanol–water partition coefficient (Wildman–Crippen LogP) is 1.48. The van der Waals surface area contributed by atoms with Crippen LogP contribution in [0.3, 0.4) is 0 Å². The first-order valence-corrected chi connectivity index (χ1v) is 8.18. The topological polar surface area (TPSA) is 83.9 Å². The summed E-state index contributed by atoms with van der Waals surface area (Å²) >= 11 is 3.21. The van der Waals surface area contributed by atoms with Crippen LogP contribution in [0.25, 0.3) is 0 Å². The number of carbonyl (C=O) groups is 1. The van der Waals surface area contributed by atoms with E-state index < -0.39 is 16.0 Å². The van der Waals surface area contributed by atoms with Crippen molar-refractivity contribution in [2.45, 2.75) is 11.8 Å². The molecular formula is C12H14BrNO5S. The number of benzene rings is 1. The third kappa shape index (κ3) is 2.88. The third-order valence-corrected chi connectivity index (χ3v) is 5.86. The van der Waals surface area contributed by atoms with E-state index in [1.807, 2.05) is 0 Å². The Morgan fingerprint density at radius 2 is 1.95 bits per heavy atom. The van der Waals surface area contributed by atoms with Crippen molar-refractivity contribution in [2.75, 3.05) is 26.3 Å². The molecule has 1 aromatic carbocycles. The van der Waals surface area contributed by atoms with Crippen molar-refractivity contribution in [3.05, 3.63) is 27.7 Å². The number of hydrogen-bond acceptors (Lipinski definition) is 4. The Kier molecular flexibility index (Phi) is 4.48. The van der Waals surface area contributed by atoms with Crippen molar-refractivity contribution in [3.63, 3.8) is 0 Å². The van der Waals surface area contributed by atoms with Crippen molar-refractivity contribution in [2.24, 2.45) is 0 Å². The summed E-state index contributed by atoms with van der Waals surface area (Å²) in [5, 5.41) is 9.14. The Bertz CT molecular complexity index is 637. The van der Waals surface area contributed by atoms with E-state index in [1.165, 1.54) is 16.4 Å². The molecule has 8 heteroatoms. The fourth-order valence-corrected chi connectivity index (χ4v) is 4.03. The summed E-state index contributed by atoms with van der Waals surface area (Å²) in [6.45, 7) is 2.86. The number of nitrogens with zero attached hydrogens (tertiary/aromatic N) is 1. The fourth-order valence-electron chi connectivity index (χ4n) is 1.96. The van der Waals surface area contributed by atoms with Gasteiger partial charge in [-0.25, -0.2) is 13.2 Å². The quantitative estimate of drug-likeness (QED) is 0.878. The van der Waals surface area contributed by atoms with Gasteiger partial charge in [-0.3, -0.25) is 0 Å². The highest BCUT2D eigenvalue weighted by Crippen LogP contribution is 2.27. The molecule has 1 N–H and O–H groups in total. The summed E-state index contributed by atoms with van der Waals surface area (Å²) in [6, 6.07) is 2.64. The zero-order valence-electron chi connectivity index (χ0n) is 10.8. The van der Waals surface area contributed by atoms with Gasteiger partial charge in [0.15, 0.2) is 0 Å². The summed E-state index contributed by atoms with van der Waals surface area (Å²) < 4.78 is 31.9. The molecule has 0 amide bonds.